The molecular formula is C8H16N2O. The van der Waals surface area contributed by atoms with Crippen molar-refractivity contribution >= 4 is 12.1 Å². The van der Waals surface area contributed by atoms with Crippen LogP contribution in [-0.2, 0) is 4.79 Å². The summed E-state index contributed by atoms with van der Waals surface area (Å²) in [6.07, 6.45) is 5.03. The highest BCUT2D eigenvalue weighted by atomic mass is 16.2. The Labute approximate surface area is 67.9 Å². The first-order valence-corrected chi connectivity index (χ1v) is 3.92. The summed E-state index contributed by atoms with van der Waals surface area (Å²) in [4.78, 5) is 14.3. The van der Waals surface area contributed by atoms with E-state index in [2.05, 4.69) is 10.3 Å². The zero-order valence-corrected chi connectivity index (χ0v) is 7.26. The number of nitrogens with one attached hydrogen (secondary N) is 1. The molecule has 0 unspecified atom stereocenters. The third-order valence-electron chi connectivity index (χ3n) is 1.32. The van der Waals surface area contributed by atoms with Crippen LogP contribution < -0.4 is 5.32 Å². The summed E-state index contributed by atoms with van der Waals surface area (Å²) in [7, 11) is 1.77. The molecule has 0 radical (unpaired) electrons. The molecule has 3 nitrogen and oxygen atoms in total. The first-order chi connectivity index (χ1) is 5.27. The highest BCUT2D eigenvalue weighted by Crippen LogP contribution is 1.90. The molecule has 64 valence electrons. The number of aliphatic imine (C=N–C) groups is 1. The molecule has 1 N–H and O–H groups in total. The summed E-state index contributed by atoms with van der Waals surface area (Å²) in [6, 6.07) is 0. The Morgan fingerprint density at radius 2 is 2.27 bits per heavy atom. The molecule has 0 spiro atoms. The van der Waals surface area contributed by atoms with Gasteiger partial charge in [-0.3, -0.25) is 4.79 Å². The van der Waals surface area contributed by atoms with Crippen molar-refractivity contribution in [3.63, 3.8) is 0 Å². The van der Waals surface area contributed by atoms with Gasteiger partial charge >= 0.3 is 0 Å². The number of unbranched alkanes of at least 4 members (excludes halogenated alkanes) is 2. The number of nitrogens with zero attached hydrogens (tertiary/aromatic N) is 1. The Morgan fingerprint density at radius 1 is 1.55 bits per heavy atom. The molecule has 1 amide bonds. The van der Waals surface area contributed by atoms with Crippen molar-refractivity contribution in [3.05, 3.63) is 0 Å². The minimum atomic E-state index is 0.0501. The van der Waals surface area contributed by atoms with Crippen molar-refractivity contribution in [1.29, 1.82) is 0 Å². The predicted octanol–water partition coefficient (Wildman–Crippen LogP) is 0.993. The lowest BCUT2D eigenvalue weighted by atomic mass is 10.2. The smallest absolute Gasteiger partial charge is 0.216 e. The second-order valence-corrected chi connectivity index (χ2v) is 2.42. The van der Waals surface area contributed by atoms with Gasteiger partial charge in [0.05, 0.1) is 0 Å². The number of hydrogen-bond acceptors (Lipinski definition) is 2. The Morgan fingerprint density at radius 3 is 2.82 bits per heavy atom. The molecule has 0 heterocycles. The fourth-order valence-corrected chi connectivity index (χ4v) is 0.754. The van der Waals surface area contributed by atoms with Crippen LogP contribution in [0.5, 0.6) is 0 Å². The highest BCUT2D eigenvalue weighted by Gasteiger charge is 1.89. The molecule has 0 aliphatic heterocycles. The molecule has 0 aromatic rings. The van der Waals surface area contributed by atoms with E-state index in [1.807, 2.05) is 6.21 Å². The maximum atomic E-state index is 10.4. The van der Waals surface area contributed by atoms with E-state index >= 15 is 0 Å². The SMILES string of the molecule is C[13C](=O)NCCCCC=N[13CH3]. The maximum Gasteiger partial charge on any atom is 0.216 e. The average Bonchev–Trinajstić information content (AvgIpc) is 1.96. The summed E-state index contributed by atoms with van der Waals surface area (Å²) < 4.78 is 0. The third-order valence-corrected chi connectivity index (χ3v) is 1.32. The van der Waals surface area contributed by atoms with Gasteiger partial charge in [0.2, 0.25) is 5.91 Å². The second-order valence-electron chi connectivity index (χ2n) is 2.42. The Kier molecular flexibility index (Phi) is 6.68. The Bertz CT molecular complexity index is 132. The second kappa shape index (κ2) is 7.25. The molecule has 0 aromatic heterocycles. The maximum absolute atomic E-state index is 10.4. The van der Waals surface area contributed by atoms with Gasteiger partial charge in [0.15, 0.2) is 0 Å². The van der Waals surface area contributed by atoms with E-state index in [4.69, 9.17) is 0 Å². The van der Waals surface area contributed by atoms with Crippen molar-refractivity contribution in [3.8, 4) is 0 Å². The molecule has 0 aromatic carbocycles. The summed E-state index contributed by atoms with van der Waals surface area (Å²) in [5.41, 5.74) is 0. The standard InChI is InChI=1S/C8H16N2O/c1-8(11)10-7-5-3-4-6-9-2/h6H,3-5,7H2,1-2H3,(H,10,11)/i2+1,8+1. The summed E-state index contributed by atoms with van der Waals surface area (Å²) in [6.45, 7) is 2.32. The zero-order valence-electron chi connectivity index (χ0n) is 7.26. The summed E-state index contributed by atoms with van der Waals surface area (Å²) >= 11 is 0. The first kappa shape index (κ1) is 10.1. The summed E-state index contributed by atoms with van der Waals surface area (Å²) in [5, 5.41) is 2.74. The quantitative estimate of drug-likeness (QED) is 0.362. The number of carbonyl (C=O) groups excluding carboxylic acids is 1. The predicted molar refractivity (Wildman–Crippen MR) is 47.0 cm³/mol. The molecule has 0 aliphatic carbocycles. The van der Waals surface area contributed by atoms with Gasteiger partial charge in [-0.25, -0.2) is 0 Å². The molecule has 0 bridgehead atoms. The lowest BCUT2D eigenvalue weighted by Crippen LogP contribution is -2.20. The minimum absolute atomic E-state index is 0.0501. The van der Waals surface area contributed by atoms with Gasteiger partial charge in [-0.1, -0.05) is 0 Å². The fourth-order valence-electron chi connectivity index (χ4n) is 0.754. The van der Waals surface area contributed by atoms with Gasteiger partial charge in [-0.2, -0.15) is 0 Å². The third kappa shape index (κ3) is 9.14. The molecular weight excluding hydrogens is 142 g/mol. The molecule has 0 saturated heterocycles. The monoisotopic (exact) mass is 158 g/mol. The molecule has 0 rings (SSSR count). The van der Waals surface area contributed by atoms with Crippen LogP contribution in [0.25, 0.3) is 0 Å². The highest BCUT2D eigenvalue weighted by molar-refractivity contribution is 5.72. The van der Waals surface area contributed by atoms with Gasteiger partial charge in [-0.05, 0) is 25.5 Å². The first-order valence-electron chi connectivity index (χ1n) is 3.92. The van der Waals surface area contributed by atoms with Crippen LogP contribution in [0.1, 0.15) is 26.2 Å². The van der Waals surface area contributed by atoms with E-state index in [1.54, 1.807) is 7.05 Å². The van der Waals surface area contributed by atoms with E-state index in [-0.39, 0.29) is 5.91 Å². The van der Waals surface area contributed by atoms with E-state index in [0.717, 1.165) is 25.8 Å². The van der Waals surface area contributed by atoms with Crippen LogP contribution in [0.3, 0.4) is 0 Å². The van der Waals surface area contributed by atoms with Gasteiger partial charge in [0.1, 0.15) is 0 Å². The number of rotatable bonds is 5. The van der Waals surface area contributed by atoms with E-state index < -0.39 is 0 Å². The molecule has 0 fully saturated rings. The van der Waals surface area contributed by atoms with Crippen LogP contribution in [0.2, 0.25) is 0 Å². The van der Waals surface area contributed by atoms with Crippen molar-refractivity contribution < 1.29 is 4.79 Å². The van der Waals surface area contributed by atoms with Gasteiger partial charge in [0.25, 0.3) is 0 Å². The van der Waals surface area contributed by atoms with Crippen molar-refractivity contribution in [2.45, 2.75) is 26.2 Å². The van der Waals surface area contributed by atoms with E-state index in [9.17, 15) is 4.79 Å². The number of amides is 1. The fraction of sp³-hybridized carbons (Fsp3) is 0.750. The minimum Gasteiger partial charge on any atom is -0.356 e. The van der Waals surface area contributed by atoms with Crippen molar-refractivity contribution in [1.82, 2.24) is 5.32 Å². The topological polar surface area (TPSA) is 41.5 Å². The lowest BCUT2D eigenvalue weighted by molar-refractivity contribution is -0.118. The van der Waals surface area contributed by atoms with Crippen LogP contribution in [-0.4, -0.2) is 25.7 Å². The van der Waals surface area contributed by atoms with E-state index in [1.165, 1.54) is 6.92 Å². The number of carbonyl (C=O) groups is 1. The van der Waals surface area contributed by atoms with Crippen molar-refractivity contribution in [2.24, 2.45) is 4.99 Å². The Hall–Kier alpha value is -0.860. The van der Waals surface area contributed by atoms with Gasteiger partial charge in [0, 0.05) is 20.5 Å². The zero-order chi connectivity index (χ0) is 8.53. The summed E-state index contributed by atoms with van der Waals surface area (Å²) in [5.74, 6) is 0.0501. The normalized spacial score (nSPS) is 10.4. The molecule has 11 heavy (non-hydrogen) atoms. The average molecular weight is 158 g/mol. The lowest BCUT2D eigenvalue weighted by Gasteiger charge is -1.98. The molecule has 0 atom stereocenters. The van der Waals surface area contributed by atoms with Crippen LogP contribution >= 0.6 is 0 Å². The molecule has 3 heteroatoms. The molecule has 0 aliphatic rings. The van der Waals surface area contributed by atoms with Crippen molar-refractivity contribution in [2.75, 3.05) is 13.6 Å². The van der Waals surface area contributed by atoms with Crippen LogP contribution in [0.15, 0.2) is 4.99 Å². The largest absolute Gasteiger partial charge is 0.356 e. The Balaban J connectivity index is 2.96. The van der Waals surface area contributed by atoms with Gasteiger partial charge in [-0.15, -0.1) is 0 Å². The van der Waals surface area contributed by atoms with Crippen LogP contribution in [0.4, 0.5) is 0 Å². The molecule has 0 saturated carbocycles. The van der Waals surface area contributed by atoms with Crippen LogP contribution in [0, 0.1) is 0 Å². The van der Waals surface area contributed by atoms with Gasteiger partial charge < -0.3 is 10.3 Å². The number of hydrogen-bond donors (Lipinski definition) is 1. The van der Waals surface area contributed by atoms with E-state index in [0.29, 0.717) is 0 Å².